The minimum atomic E-state index is -0.141. The molecule has 0 radical (unpaired) electrons. The molecule has 26 heavy (non-hydrogen) atoms. The Labute approximate surface area is 154 Å². The summed E-state index contributed by atoms with van der Waals surface area (Å²) in [6.45, 7) is 8.01. The molecule has 0 unspecified atom stereocenters. The Hall–Kier alpha value is -2.12. The molecular formula is C19H27N3O4. The molecule has 0 aliphatic carbocycles. The Kier molecular flexibility index (Phi) is 5.78. The molecular weight excluding hydrogens is 334 g/mol. The lowest BCUT2D eigenvalue weighted by Gasteiger charge is -2.40. The maximum Gasteiger partial charge on any atom is 0.258 e. The fourth-order valence-corrected chi connectivity index (χ4v) is 3.24. The largest absolute Gasteiger partial charge is 0.484 e. The summed E-state index contributed by atoms with van der Waals surface area (Å²) < 4.78 is 11.0. The fourth-order valence-electron chi connectivity index (χ4n) is 3.24. The van der Waals surface area contributed by atoms with Crippen LogP contribution in [-0.2, 0) is 20.7 Å². The lowest BCUT2D eigenvalue weighted by molar-refractivity contribution is -0.124. The average molecular weight is 361 g/mol. The number of carbonyl (C=O) groups is 2. The third-order valence-electron chi connectivity index (χ3n) is 4.93. The number of hydrogen-bond acceptors (Lipinski definition) is 5. The predicted octanol–water partition coefficient (Wildman–Crippen LogP) is 1.18. The number of anilines is 1. The lowest BCUT2D eigenvalue weighted by Crippen LogP contribution is -2.55. The summed E-state index contributed by atoms with van der Waals surface area (Å²) in [7, 11) is 0. The van der Waals surface area contributed by atoms with Crippen molar-refractivity contribution in [3.63, 3.8) is 0 Å². The first-order chi connectivity index (χ1) is 12.4. The first-order valence-electron chi connectivity index (χ1n) is 9.09. The second kappa shape index (κ2) is 8.05. The summed E-state index contributed by atoms with van der Waals surface area (Å²) in [6.07, 6.45) is 1.17. The predicted molar refractivity (Wildman–Crippen MR) is 98.4 cm³/mol. The molecule has 0 saturated carbocycles. The van der Waals surface area contributed by atoms with Gasteiger partial charge >= 0.3 is 0 Å². The van der Waals surface area contributed by atoms with Crippen molar-refractivity contribution in [2.75, 3.05) is 44.8 Å². The summed E-state index contributed by atoms with van der Waals surface area (Å²) in [4.78, 5) is 25.9. The summed E-state index contributed by atoms with van der Waals surface area (Å²) in [5, 5.41) is 5.79. The zero-order valence-electron chi connectivity index (χ0n) is 15.5. The van der Waals surface area contributed by atoms with E-state index >= 15 is 0 Å². The van der Waals surface area contributed by atoms with Crippen molar-refractivity contribution in [1.29, 1.82) is 0 Å². The van der Waals surface area contributed by atoms with Gasteiger partial charge in [-0.05, 0) is 44.0 Å². The van der Waals surface area contributed by atoms with Crippen LogP contribution in [0.15, 0.2) is 18.2 Å². The molecule has 2 aliphatic heterocycles. The lowest BCUT2D eigenvalue weighted by atomic mass is 10.0. The fraction of sp³-hybridized carbons (Fsp3) is 0.579. The average Bonchev–Trinajstić information content (AvgIpc) is 2.65. The summed E-state index contributed by atoms with van der Waals surface area (Å²) in [6, 6.07) is 5.48. The molecule has 3 rings (SSSR count). The molecule has 1 fully saturated rings. The summed E-state index contributed by atoms with van der Waals surface area (Å²) >= 11 is 0. The minimum Gasteiger partial charge on any atom is -0.484 e. The van der Waals surface area contributed by atoms with E-state index in [4.69, 9.17) is 9.47 Å². The van der Waals surface area contributed by atoms with Gasteiger partial charge in [0.15, 0.2) is 6.61 Å². The smallest absolute Gasteiger partial charge is 0.258 e. The van der Waals surface area contributed by atoms with E-state index in [9.17, 15) is 9.59 Å². The van der Waals surface area contributed by atoms with Crippen LogP contribution in [-0.4, -0.2) is 61.7 Å². The number of hydrogen-bond donors (Lipinski definition) is 2. The van der Waals surface area contributed by atoms with Crippen molar-refractivity contribution in [2.45, 2.75) is 32.2 Å². The van der Waals surface area contributed by atoms with Gasteiger partial charge in [0.05, 0.1) is 13.2 Å². The van der Waals surface area contributed by atoms with Crippen molar-refractivity contribution in [2.24, 2.45) is 0 Å². The number of amides is 2. The van der Waals surface area contributed by atoms with Gasteiger partial charge in [-0.3, -0.25) is 14.5 Å². The van der Waals surface area contributed by atoms with E-state index in [2.05, 4.69) is 29.4 Å². The van der Waals surface area contributed by atoms with Gasteiger partial charge < -0.3 is 20.1 Å². The molecule has 7 heteroatoms. The number of benzene rings is 1. The summed E-state index contributed by atoms with van der Waals surface area (Å²) in [5.74, 6) is 0.535. The van der Waals surface area contributed by atoms with Gasteiger partial charge in [-0.25, -0.2) is 0 Å². The molecule has 2 N–H and O–H groups in total. The molecule has 142 valence electrons. The van der Waals surface area contributed by atoms with Crippen molar-refractivity contribution in [1.82, 2.24) is 10.2 Å². The molecule has 2 heterocycles. The van der Waals surface area contributed by atoms with Crippen LogP contribution in [0.5, 0.6) is 5.75 Å². The molecule has 2 amide bonds. The highest BCUT2D eigenvalue weighted by Gasteiger charge is 2.28. The van der Waals surface area contributed by atoms with Gasteiger partial charge in [0.2, 0.25) is 5.91 Å². The first-order valence-corrected chi connectivity index (χ1v) is 9.09. The molecule has 7 nitrogen and oxygen atoms in total. The van der Waals surface area contributed by atoms with E-state index in [1.54, 1.807) is 6.07 Å². The Bertz CT molecular complexity index is 669. The number of fused-ring (bicyclic) bond motifs is 1. The quantitative estimate of drug-likeness (QED) is 0.795. The van der Waals surface area contributed by atoms with E-state index in [1.165, 1.54) is 0 Å². The van der Waals surface area contributed by atoms with Crippen LogP contribution in [0.4, 0.5) is 5.69 Å². The monoisotopic (exact) mass is 361 g/mol. The number of nitrogens with one attached hydrogen (secondary N) is 2. The minimum absolute atomic E-state index is 0.0235. The normalized spacial score (nSPS) is 18.0. The highest BCUT2D eigenvalue weighted by atomic mass is 16.5. The van der Waals surface area contributed by atoms with Crippen molar-refractivity contribution < 1.29 is 19.1 Å². The number of rotatable bonds is 6. The zero-order valence-corrected chi connectivity index (χ0v) is 15.5. The van der Waals surface area contributed by atoms with Crippen molar-refractivity contribution in [3.8, 4) is 5.75 Å². The molecule has 0 bridgehead atoms. The van der Waals surface area contributed by atoms with Crippen LogP contribution in [0.2, 0.25) is 0 Å². The van der Waals surface area contributed by atoms with Crippen molar-refractivity contribution >= 4 is 17.5 Å². The van der Waals surface area contributed by atoms with Crippen LogP contribution in [0, 0.1) is 0 Å². The third-order valence-corrected chi connectivity index (χ3v) is 4.93. The SMILES string of the molecule is CC(C)(CNC(=O)COc1ccc2c(c1)CCC(=O)N2)N1CCOCC1. The number of carbonyl (C=O) groups excluding carboxylic acids is 2. The second-order valence-electron chi connectivity index (χ2n) is 7.34. The standard InChI is InChI=1S/C19H27N3O4/c1-19(2,22-7-9-25-10-8-22)13-20-18(24)12-26-15-4-5-16-14(11-15)3-6-17(23)21-16/h4-5,11H,3,6-10,12-13H2,1-2H3,(H,20,24)(H,21,23). The number of nitrogens with zero attached hydrogens (tertiary/aromatic N) is 1. The third kappa shape index (κ3) is 4.74. The van der Waals surface area contributed by atoms with Gasteiger partial charge in [0.25, 0.3) is 5.91 Å². The van der Waals surface area contributed by atoms with Gasteiger partial charge in [-0.15, -0.1) is 0 Å². The maximum atomic E-state index is 12.1. The first kappa shape index (κ1) is 18.7. The van der Waals surface area contributed by atoms with E-state index in [0.29, 0.717) is 25.1 Å². The number of ether oxygens (including phenoxy) is 2. The topological polar surface area (TPSA) is 79.9 Å². The van der Waals surface area contributed by atoms with Crippen LogP contribution >= 0.6 is 0 Å². The molecule has 1 aromatic rings. The van der Waals surface area contributed by atoms with Gasteiger partial charge in [0, 0.05) is 37.3 Å². The Morgan fingerprint density at radius 1 is 1.31 bits per heavy atom. The van der Waals surface area contributed by atoms with Gasteiger partial charge in [-0.1, -0.05) is 0 Å². The van der Waals surface area contributed by atoms with Crippen molar-refractivity contribution in [3.05, 3.63) is 23.8 Å². The van der Waals surface area contributed by atoms with E-state index in [0.717, 1.165) is 37.6 Å². The molecule has 1 saturated heterocycles. The number of aryl methyl sites for hydroxylation is 1. The van der Waals surface area contributed by atoms with E-state index < -0.39 is 0 Å². The Morgan fingerprint density at radius 3 is 2.85 bits per heavy atom. The van der Waals surface area contributed by atoms with Crippen LogP contribution in [0.25, 0.3) is 0 Å². The van der Waals surface area contributed by atoms with Gasteiger partial charge in [0.1, 0.15) is 5.75 Å². The highest BCUT2D eigenvalue weighted by Crippen LogP contribution is 2.26. The van der Waals surface area contributed by atoms with Crippen LogP contribution in [0.1, 0.15) is 25.8 Å². The summed E-state index contributed by atoms with van der Waals surface area (Å²) in [5.41, 5.74) is 1.74. The maximum absolute atomic E-state index is 12.1. The highest BCUT2D eigenvalue weighted by molar-refractivity contribution is 5.94. The molecule has 0 atom stereocenters. The zero-order chi connectivity index (χ0) is 18.6. The number of morpholine rings is 1. The Balaban J connectivity index is 1.46. The molecule has 1 aromatic carbocycles. The Morgan fingerprint density at radius 2 is 2.08 bits per heavy atom. The molecule has 2 aliphatic rings. The van der Waals surface area contributed by atoms with E-state index in [-0.39, 0.29) is 24.0 Å². The van der Waals surface area contributed by atoms with Crippen LogP contribution in [0.3, 0.4) is 0 Å². The molecule has 0 aromatic heterocycles. The molecule has 0 spiro atoms. The second-order valence-corrected chi connectivity index (χ2v) is 7.34. The van der Waals surface area contributed by atoms with Crippen LogP contribution < -0.4 is 15.4 Å². The van der Waals surface area contributed by atoms with E-state index in [1.807, 2.05) is 12.1 Å². The van der Waals surface area contributed by atoms with Gasteiger partial charge in [-0.2, -0.15) is 0 Å².